The SMILES string of the molecule is CCSc1nccc2nccn12. The molecule has 0 bridgehead atoms. The molecule has 0 aliphatic carbocycles. The highest BCUT2D eigenvalue weighted by Crippen LogP contribution is 2.15. The van der Waals surface area contributed by atoms with Crippen LogP contribution < -0.4 is 0 Å². The van der Waals surface area contributed by atoms with Crippen LogP contribution in [0.2, 0.25) is 0 Å². The number of fused-ring (bicyclic) bond motifs is 1. The molecule has 0 spiro atoms. The summed E-state index contributed by atoms with van der Waals surface area (Å²) in [5.41, 5.74) is 0.959. The first-order valence-corrected chi connectivity index (χ1v) is 4.81. The van der Waals surface area contributed by atoms with Crippen molar-refractivity contribution in [1.29, 1.82) is 0 Å². The summed E-state index contributed by atoms with van der Waals surface area (Å²) in [6.07, 6.45) is 5.51. The van der Waals surface area contributed by atoms with Gasteiger partial charge >= 0.3 is 0 Å². The Balaban J connectivity index is 2.57. The lowest BCUT2D eigenvalue weighted by molar-refractivity contribution is 0.903. The number of imidazole rings is 1. The molecule has 0 aliphatic rings. The Kier molecular flexibility index (Phi) is 1.99. The van der Waals surface area contributed by atoms with Crippen molar-refractivity contribution in [1.82, 2.24) is 14.4 Å². The molecule has 0 N–H and O–H groups in total. The van der Waals surface area contributed by atoms with Gasteiger partial charge in [-0.1, -0.05) is 18.7 Å². The van der Waals surface area contributed by atoms with Crippen LogP contribution in [-0.2, 0) is 0 Å². The molecular weight excluding hydrogens is 170 g/mol. The van der Waals surface area contributed by atoms with Crippen molar-refractivity contribution in [3.63, 3.8) is 0 Å². The lowest BCUT2D eigenvalue weighted by Crippen LogP contribution is -1.91. The summed E-state index contributed by atoms with van der Waals surface area (Å²) >= 11 is 1.72. The maximum atomic E-state index is 4.25. The van der Waals surface area contributed by atoms with Crippen LogP contribution in [-0.4, -0.2) is 20.1 Å². The van der Waals surface area contributed by atoms with Gasteiger partial charge in [0.2, 0.25) is 0 Å². The predicted molar refractivity (Wildman–Crippen MR) is 49.4 cm³/mol. The molecule has 0 atom stereocenters. The average molecular weight is 179 g/mol. The van der Waals surface area contributed by atoms with Gasteiger partial charge in [-0.15, -0.1) is 0 Å². The normalized spacial score (nSPS) is 10.8. The van der Waals surface area contributed by atoms with Crippen molar-refractivity contribution in [2.75, 3.05) is 5.75 Å². The smallest absolute Gasteiger partial charge is 0.173 e. The quantitative estimate of drug-likeness (QED) is 0.520. The molecular formula is C8H9N3S. The van der Waals surface area contributed by atoms with Crippen LogP contribution in [0.5, 0.6) is 0 Å². The fourth-order valence-corrected chi connectivity index (χ4v) is 1.75. The molecule has 0 amide bonds. The van der Waals surface area contributed by atoms with E-state index in [1.54, 1.807) is 24.2 Å². The topological polar surface area (TPSA) is 30.2 Å². The minimum Gasteiger partial charge on any atom is -0.279 e. The van der Waals surface area contributed by atoms with Crippen LogP contribution in [0.3, 0.4) is 0 Å². The summed E-state index contributed by atoms with van der Waals surface area (Å²) in [5.74, 6) is 1.03. The van der Waals surface area contributed by atoms with Gasteiger partial charge in [-0.25, -0.2) is 9.97 Å². The molecule has 12 heavy (non-hydrogen) atoms. The largest absolute Gasteiger partial charge is 0.279 e. The van der Waals surface area contributed by atoms with E-state index in [4.69, 9.17) is 0 Å². The Morgan fingerprint density at radius 1 is 1.42 bits per heavy atom. The first-order chi connectivity index (χ1) is 5.92. The summed E-state index contributed by atoms with van der Waals surface area (Å²) in [4.78, 5) is 8.43. The molecule has 0 aromatic carbocycles. The van der Waals surface area contributed by atoms with E-state index >= 15 is 0 Å². The van der Waals surface area contributed by atoms with Gasteiger partial charge in [0, 0.05) is 18.6 Å². The molecule has 2 rings (SSSR count). The van der Waals surface area contributed by atoms with E-state index in [1.165, 1.54) is 0 Å². The fraction of sp³-hybridized carbons (Fsp3) is 0.250. The van der Waals surface area contributed by atoms with Gasteiger partial charge < -0.3 is 0 Å². The van der Waals surface area contributed by atoms with Crippen LogP contribution in [0.4, 0.5) is 0 Å². The maximum absolute atomic E-state index is 4.25. The Morgan fingerprint density at radius 3 is 3.17 bits per heavy atom. The summed E-state index contributed by atoms with van der Waals surface area (Å²) < 4.78 is 1.99. The average Bonchev–Trinajstić information content (AvgIpc) is 2.53. The third-order valence-electron chi connectivity index (χ3n) is 1.56. The van der Waals surface area contributed by atoms with E-state index in [1.807, 2.05) is 16.7 Å². The second-order valence-electron chi connectivity index (χ2n) is 2.32. The summed E-state index contributed by atoms with van der Waals surface area (Å²) in [6, 6.07) is 1.90. The van der Waals surface area contributed by atoms with Crippen molar-refractivity contribution < 1.29 is 0 Å². The van der Waals surface area contributed by atoms with Crippen molar-refractivity contribution >= 4 is 17.4 Å². The van der Waals surface area contributed by atoms with E-state index in [0.717, 1.165) is 16.6 Å². The Morgan fingerprint density at radius 2 is 2.33 bits per heavy atom. The van der Waals surface area contributed by atoms with Crippen molar-refractivity contribution in [2.24, 2.45) is 0 Å². The number of rotatable bonds is 2. The first kappa shape index (κ1) is 7.61. The molecule has 0 unspecified atom stereocenters. The van der Waals surface area contributed by atoms with Crippen molar-refractivity contribution in [3.8, 4) is 0 Å². The van der Waals surface area contributed by atoms with Gasteiger partial charge in [-0.3, -0.25) is 4.40 Å². The highest BCUT2D eigenvalue weighted by Gasteiger charge is 1.99. The zero-order valence-electron chi connectivity index (χ0n) is 6.77. The molecule has 0 saturated carbocycles. The van der Waals surface area contributed by atoms with Crippen molar-refractivity contribution in [2.45, 2.75) is 12.1 Å². The Bertz CT molecular complexity index is 382. The number of hydrogen-bond donors (Lipinski definition) is 0. The molecule has 2 heterocycles. The number of nitrogens with zero attached hydrogens (tertiary/aromatic N) is 3. The Labute approximate surface area is 74.8 Å². The lowest BCUT2D eigenvalue weighted by atomic mass is 10.6. The minimum atomic E-state index is 0.959. The molecule has 0 aliphatic heterocycles. The minimum absolute atomic E-state index is 0.959. The molecule has 2 aromatic rings. The highest BCUT2D eigenvalue weighted by atomic mass is 32.2. The van der Waals surface area contributed by atoms with E-state index in [0.29, 0.717) is 0 Å². The zero-order chi connectivity index (χ0) is 8.39. The zero-order valence-corrected chi connectivity index (χ0v) is 7.58. The van der Waals surface area contributed by atoms with Crippen LogP contribution in [0, 0.1) is 0 Å². The van der Waals surface area contributed by atoms with Gasteiger partial charge in [0.25, 0.3) is 0 Å². The van der Waals surface area contributed by atoms with Crippen molar-refractivity contribution in [3.05, 3.63) is 24.7 Å². The first-order valence-electron chi connectivity index (χ1n) is 3.82. The van der Waals surface area contributed by atoms with Crippen LogP contribution in [0.15, 0.2) is 29.8 Å². The standard InChI is InChI=1S/C8H9N3S/c1-2-12-8-10-4-3-7-9-5-6-11(7)8/h3-6H,2H2,1H3. The predicted octanol–water partition coefficient (Wildman–Crippen LogP) is 1.84. The molecule has 0 fully saturated rings. The number of hydrogen-bond acceptors (Lipinski definition) is 3. The second kappa shape index (κ2) is 3.15. The monoisotopic (exact) mass is 179 g/mol. The Hall–Kier alpha value is -1.03. The molecule has 3 nitrogen and oxygen atoms in total. The van der Waals surface area contributed by atoms with E-state index < -0.39 is 0 Å². The lowest BCUT2D eigenvalue weighted by Gasteiger charge is -1.99. The second-order valence-corrected chi connectivity index (χ2v) is 3.55. The van der Waals surface area contributed by atoms with Crippen LogP contribution in [0.1, 0.15) is 6.92 Å². The van der Waals surface area contributed by atoms with E-state index in [2.05, 4.69) is 16.9 Å². The maximum Gasteiger partial charge on any atom is 0.173 e. The van der Waals surface area contributed by atoms with E-state index in [9.17, 15) is 0 Å². The van der Waals surface area contributed by atoms with Gasteiger partial charge in [-0.05, 0) is 11.8 Å². The number of thioether (sulfide) groups is 1. The molecule has 0 saturated heterocycles. The van der Waals surface area contributed by atoms with Crippen LogP contribution >= 0.6 is 11.8 Å². The van der Waals surface area contributed by atoms with E-state index in [-0.39, 0.29) is 0 Å². The molecule has 4 heteroatoms. The molecule has 62 valence electrons. The summed E-state index contributed by atoms with van der Waals surface area (Å²) in [6.45, 7) is 2.11. The fourth-order valence-electron chi connectivity index (χ4n) is 1.07. The number of aromatic nitrogens is 3. The van der Waals surface area contributed by atoms with Crippen LogP contribution in [0.25, 0.3) is 5.65 Å². The van der Waals surface area contributed by atoms with Gasteiger partial charge in [-0.2, -0.15) is 0 Å². The highest BCUT2D eigenvalue weighted by molar-refractivity contribution is 7.99. The molecule has 0 radical (unpaired) electrons. The van der Waals surface area contributed by atoms with Gasteiger partial charge in [0.1, 0.15) is 5.65 Å². The third kappa shape index (κ3) is 1.18. The van der Waals surface area contributed by atoms with Gasteiger partial charge in [0.05, 0.1) is 0 Å². The third-order valence-corrected chi connectivity index (χ3v) is 2.41. The summed E-state index contributed by atoms with van der Waals surface area (Å²) in [5, 5.41) is 1.01. The summed E-state index contributed by atoms with van der Waals surface area (Å²) in [7, 11) is 0. The molecule has 2 aromatic heterocycles. The van der Waals surface area contributed by atoms with Gasteiger partial charge in [0.15, 0.2) is 5.16 Å².